The van der Waals surface area contributed by atoms with E-state index < -0.39 is 17.9 Å². The Morgan fingerprint density at radius 2 is 2.21 bits per heavy atom. The van der Waals surface area contributed by atoms with Crippen molar-refractivity contribution in [3.8, 4) is 0 Å². The number of fused-ring (bicyclic) bond motifs is 1. The highest BCUT2D eigenvalue weighted by Crippen LogP contribution is 2.29. The number of benzene rings is 1. The van der Waals surface area contributed by atoms with E-state index in [0.29, 0.717) is 0 Å². The lowest BCUT2D eigenvalue weighted by molar-refractivity contribution is -0.144. The van der Waals surface area contributed by atoms with Crippen LogP contribution < -0.4 is 5.32 Å². The Labute approximate surface area is 106 Å². The Morgan fingerprint density at radius 3 is 2.84 bits per heavy atom. The first-order valence-corrected chi connectivity index (χ1v) is 5.38. The molecule has 0 aliphatic heterocycles. The summed E-state index contributed by atoms with van der Waals surface area (Å²) in [7, 11) is 0. The lowest BCUT2D eigenvalue weighted by Crippen LogP contribution is -2.23. The standard InChI is InChI=1S/C12H10F3N3O/c1-2-6-16-10(19)7-4-3-5-8-9(7)18-11(17-8)12(13,14)15/h2-5H,1,6H2,(H,16,19)(H,17,18). The zero-order valence-electron chi connectivity index (χ0n) is 9.71. The molecule has 4 nitrogen and oxygen atoms in total. The number of carbonyl (C=O) groups excluding carboxylic acids is 1. The Balaban J connectivity index is 2.48. The number of alkyl halides is 3. The molecule has 2 rings (SSSR count). The zero-order valence-corrected chi connectivity index (χ0v) is 9.71. The molecule has 0 fully saturated rings. The molecule has 2 N–H and O–H groups in total. The Morgan fingerprint density at radius 1 is 1.47 bits per heavy atom. The molecule has 2 aromatic rings. The van der Waals surface area contributed by atoms with E-state index in [0.717, 1.165) is 0 Å². The van der Waals surface area contributed by atoms with Crippen molar-refractivity contribution in [1.82, 2.24) is 15.3 Å². The van der Waals surface area contributed by atoms with Gasteiger partial charge >= 0.3 is 6.18 Å². The number of amides is 1. The third-order valence-electron chi connectivity index (χ3n) is 2.43. The van der Waals surface area contributed by atoms with Gasteiger partial charge in [0.15, 0.2) is 0 Å². The van der Waals surface area contributed by atoms with Crippen molar-refractivity contribution < 1.29 is 18.0 Å². The molecule has 19 heavy (non-hydrogen) atoms. The SMILES string of the molecule is C=CCNC(=O)c1cccc2[nH]c(C(F)(F)F)nc12. The summed E-state index contributed by atoms with van der Waals surface area (Å²) >= 11 is 0. The Kier molecular flexibility index (Phi) is 3.28. The van der Waals surface area contributed by atoms with Gasteiger partial charge in [-0.05, 0) is 12.1 Å². The van der Waals surface area contributed by atoms with Crippen LogP contribution in [0.1, 0.15) is 16.2 Å². The molecule has 1 aromatic heterocycles. The van der Waals surface area contributed by atoms with Crippen LogP contribution in [0.4, 0.5) is 13.2 Å². The molecular formula is C12H10F3N3O. The third-order valence-corrected chi connectivity index (χ3v) is 2.43. The number of para-hydroxylation sites is 1. The predicted molar refractivity (Wildman–Crippen MR) is 63.6 cm³/mol. The summed E-state index contributed by atoms with van der Waals surface area (Å²) in [6.45, 7) is 3.67. The number of rotatable bonds is 3. The summed E-state index contributed by atoms with van der Waals surface area (Å²) in [6, 6.07) is 4.34. The van der Waals surface area contributed by atoms with Crippen molar-refractivity contribution >= 4 is 16.9 Å². The molecule has 0 saturated heterocycles. The summed E-state index contributed by atoms with van der Waals surface area (Å²) in [6.07, 6.45) is -3.10. The summed E-state index contributed by atoms with van der Waals surface area (Å²) in [5.41, 5.74) is 0.251. The first-order valence-electron chi connectivity index (χ1n) is 5.38. The van der Waals surface area contributed by atoms with Crippen LogP contribution in [0.15, 0.2) is 30.9 Å². The number of hydrogen-bond donors (Lipinski definition) is 2. The van der Waals surface area contributed by atoms with Crippen molar-refractivity contribution in [2.24, 2.45) is 0 Å². The average Bonchev–Trinajstić information content (AvgIpc) is 2.79. The second-order valence-corrected chi connectivity index (χ2v) is 3.78. The molecule has 0 aliphatic rings. The van der Waals surface area contributed by atoms with Gasteiger partial charge in [0.25, 0.3) is 5.91 Å². The number of imidazole rings is 1. The fourth-order valence-electron chi connectivity index (χ4n) is 1.61. The highest BCUT2D eigenvalue weighted by molar-refractivity contribution is 6.04. The van der Waals surface area contributed by atoms with Crippen molar-refractivity contribution in [1.29, 1.82) is 0 Å². The first kappa shape index (κ1) is 13.1. The summed E-state index contributed by atoms with van der Waals surface area (Å²) in [5, 5.41) is 2.50. The van der Waals surface area contributed by atoms with E-state index in [4.69, 9.17) is 0 Å². The quantitative estimate of drug-likeness (QED) is 0.841. The van der Waals surface area contributed by atoms with E-state index in [2.05, 4.69) is 21.9 Å². The maximum Gasteiger partial charge on any atom is 0.449 e. The number of carbonyl (C=O) groups is 1. The molecule has 1 amide bonds. The molecule has 1 heterocycles. The van der Waals surface area contributed by atoms with Gasteiger partial charge in [-0.15, -0.1) is 6.58 Å². The lowest BCUT2D eigenvalue weighted by atomic mass is 10.1. The summed E-state index contributed by atoms with van der Waals surface area (Å²) in [5.74, 6) is -1.61. The normalized spacial score (nSPS) is 11.5. The smallest absolute Gasteiger partial charge is 0.349 e. The van der Waals surface area contributed by atoms with Crippen LogP contribution in [0.3, 0.4) is 0 Å². The molecule has 100 valence electrons. The van der Waals surface area contributed by atoms with Crippen molar-refractivity contribution in [3.05, 3.63) is 42.2 Å². The van der Waals surface area contributed by atoms with Crippen LogP contribution >= 0.6 is 0 Å². The number of nitrogens with zero attached hydrogens (tertiary/aromatic N) is 1. The molecule has 0 bridgehead atoms. The largest absolute Gasteiger partial charge is 0.449 e. The fraction of sp³-hybridized carbons (Fsp3) is 0.167. The monoisotopic (exact) mass is 269 g/mol. The van der Waals surface area contributed by atoms with Gasteiger partial charge in [-0.3, -0.25) is 4.79 Å². The number of nitrogens with one attached hydrogen (secondary N) is 2. The van der Waals surface area contributed by atoms with Crippen LogP contribution in [0.25, 0.3) is 11.0 Å². The van der Waals surface area contributed by atoms with Gasteiger partial charge in [0, 0.05) is 6.54 Å². The van der Waals surface area contributed by atoms with E-state index in [1.54, 1.807) is 0 Å². The number of aromatic amines is 1. The molecule has 1 aromatic carbocycles. The van der Waals surface area contributed by atoms with E-state index in [1.165, 1.54) is 24.3 Å². The van der Waals surface area contributed by atoms with E-state index in [1.807, 2.05) is 0 Å². The number of halogens is 3. The second-order valence-electron chi connectivity index (χ2n) is 3.78. The minimum absolute atomic E-state index is 0.00335. The van der Waals surface area contributed by atoms with Crippen molar-refractivity contribution in [2.75, 3.05) is 6.54 Å². The molecule has 0 aliphatic carbocycles. The average molecular weight is 269 g/mol. The van der Waals surface area contributed by atoms with Gasteiger partial charge in [-0.2, -0.15) is 13.2 Å². The molecule has 0 atom stereocenters. The van der Waals surface area contributed by atoms with E-state index in [-0.39, 0.29) is 23.1 Å². The second kappa shape index (κ2) is 4.75. The maximum absolute atomic E-state index is 12.6. The molecule has 0 unspecified atom stereocenters. The van der Waals surface area contributed by atoms with Crippen molar-refractivity contribution in [2.45, 2.75) is 6.18 Å². The van der Waals surface area contributed by atoms with Crippen molar-refractivity contribution in [3.63, 3.8) is 0 Å². The topological polar surface area (TPSA) is 57.8 Å². The molecule has 0 radical (unpaired) electrons. The third kappa shape index (κ3) is 2.59. The van der Waals surface area contributed by atoms with Gasteiger partial charge in [0.1, 0.15) is 5.52 Å². The highest BCUT2D eigenvalue weighted by atomic mass is 19.4. The Bertz CT molecular complexity index is 631. The van der Waals surface area contributed by atoms with Gasteiger partial charge in [0.2, 0.25) is 5.82 Å². The molecule has 0 saturated carbocycles. The predicted octanol–water partition coefficient (Wildman–Crippen LogP) is 2.50. The maximum atomic E-state index is 12.6. The molecule has 0 spiro atoms. The molecular weight excluding hydrogens is 259 g/mol. The minimum atomic E-state index is -4.58. The molecule has 7 heteroatoms. The van der Waals surface area contributed by atoms with E-state index >= 15 is 0 Å². The first-order chi connectivity index (χ1) is 8.93. The lowest BCUT2D eigenvalue weighted by Gasteiger charge is -2.02. The summed E-state index contributed by atoms with van der Waals surface area (Å²) in [4.78, 5) is 17.4. The van der Waals surface area contributed by atoms with Gasteiger partial charge in [-0.1, -0.05) is 12.1 Å². The Hall–Kier alpha value is -2.31. The summed E-state index contributed by atoms with van der Waals surface area (Å²) < 4.78 is 37.7. The van der Waals surface area contributed by atoms with E-state index in [9.17, 15) is 18.0 Å². The zero-order chi connectivity index (χ0) is 14.0. The minimum Gasteiger partial charge on any atom is -0.349 e. The van der Waals surface area contributed by atoms with Crippen LogP contribution in [-0.2, 0) is 6.18 Å². The van der Waals surface area contributed by atoms with Crippen LogP contribution in [0, 0.1) is 0 Å². The van der Waals surface area contributed by atoms with Crippen LogP contribution in [0.2, 0.25) is 0 Å². The number of hydrogen-bond acceptors (Lipinski definition) is 2. The van der Waals surface area contributed by atoms with Gasteiger partial charge in [0.05, 0.1) is 11.1 Å². The van der Waals surface area contributed by atoms with Gasteiger partial charge in [-0.25, -0.2) is 4.98 Å². The fourth-order valence-corrected chi connectivity index (χ4v) is 1.61. The number of H-pyrrole nitrogens is 1. The van der Waals surface area contributed by atoms with Crippen LogP contribution in [-0.4, -0.2) is 22.4 Å². The number of aromatic nitrogens is 2. The highest BCUT2D eigenvalue weighted by Gasteiger charge is 2.35. The van der Waals surface area contributed by atoms with Crippen LogP contribution in [0.5, 0.6) is 0 Å². The van der Waals surface area contributed by atoms with Gasteiger partial charge < -0.3 is 10.3 Å².